The minimum absolute atomic E-state index is 0.171. The van der Waals surface area contributed by atoms with E-state index in [2.05, 4.69) is 254 Å². The molecule has 0 aromatic heterocycles. The Morgan fingerprint density at radius 2 is 0.542 bits per heavy atom. The highest BCUT2D eigenvalue weighted by Crippen LogP contribution is 2.51. The molecule has 0 aliphatic heterocycles. The van der Waals surface area contributed by atoms with Gasteiger partial charge in [0, 0.05) is 39.5 Å². The SMILES string of the molecule is CC1(C)c2cc(-c3ccc(N(c4ccccc4)c4ccc(-c5ccc(-c6ccccc6)cc5)cc4)cc3)ccc2-c2ccc(N(c3ccccc3)c3ccccc3)cc21. The lowest BCUT2D eigenvalue weighted by atomic mass is 9.81. The molecule has 59 heavy (non-hydrogen) atoms. The van der Waals surface area contributed by atoms with Gasteiger partial charge in [0.15, 0.2) is 0 Å². The van der Waals surface area contributed by atoms with Crippen LogP contribution in [0.1, 0.15) is 25.0 Å². The fourth-order valence-electron chi connectivity index (χ4n) is 8.76. The minimum Gasteiger partial charge on any atom is -0.311 e. The van der Waals surface area contributed by atoms with E-state index in [9.17, 15) is 0 Å². The van der Waals surface area contributed by atoms with E-state index in [4.69, 9.17) is 0 Å². The fraction of sp³-hybridized carbons (Fsp3) is 0.0526. The number of hydrogen-bond acceptors (Lipinski definition) is 2. The van der Waals surface area contributed by atoms with Crippen LogP contribution in [-0.2, 0) is 5.41 Å². The largest absolute Gasteiger partial charge is 0.311 e. The Morgan fingerprint density at radius 3 is 1.00 bits per heavy atom. The van der Waals surface area contributed by atoms with Gasteiger partial charge in [-0.05, 0) is 134 Å². The van der Waals surface area contributed by atoms with Crippen molar-refractivity contribution in [3.8, 4) is 44.5 Å². The number of fused-ring (bicyclic) bond motifs is 3. The quantitative estimate of drug-likeness (QED) is 0.145. The average Bonchev–Trinajstić information content (AvgIpc) is 3.53. The molecule has 0 amide bonds. The third-order valence-electron chi connectivity index (χ3n) is 11.9. The van der Waals surface area contributed by atoms with Gasteiger partial charge in [-0.2, -0.15) is 0 Å². The van der Waals surface area contributed by atoms with Gasteiger partial charge < -0.3 is 9.80 Å². The average molecular weight is 757 g/mol. The Hall–Kier alpha value is -7.42. The van der Waals surface area contributed by atoms with Gasteiger partial charge in [-0.25, -0.2) is 0 Å². The molecule has 282 valence electrons. The predicted molar refractivity (Wildman–Crippen MR) is 250 cm³/mol. The number of benzene rings is 9. The highest BCUT2D eigenvalue weighted by molar-refractivity contribution is 5.88. The summed E-state index contributed by atoms with van der Waals surface area (Å²) in [6, 6.07) is 83.3. The smallest absolute Gasteiger partial charge is 0.0465 e. The summed E-state index contributed by atoms with van der Waals surface area (Å²) in [5.41, 5.74) is 19.2. The third-order valence-corrected chi connectivity index (χ3v) is 11.9. The van der Waals surface area contributed by atoms with E-state index in [1.165, 1.54) is 55.6 Å². The molecule has 0 heterocycles. The monoisotopic (exact) mass is 756 g/mol. The van der Waals surface area contributed by atoms with Crippen molar-refractivity contribution >= 4 is 34.1 Å². The first-order valence-corrected chi connectivity index (χ1v) is 20.4. The number of nitrogens with zero attached hydrogens (tertiary/aromatic N) is 2. The van der Waals surface area contributed by atoms with Crippen LogP contribution in [0.25, 0.3) is 44.5 Å². The van der Waals surface area contributed by atoms with E-state index in [-0.39, 0.29) is 5.41 Å². The molecule has 0 fully saturated rings. The van der Waals surface area contributed by atoms with E-state index in [0.717, 1.165) is 34.1 Å². The molecular weight excluding hydrogens is 713 g/mol. The predicted octanol–water partition coefficient (Wildman–Crippen LogP) is 15.9. The Bertz CT molecular complexity index is 2810. The van der Waals surface area contributed by atoms with Gasteiger partial charge >= 0.3 is 0 Å². The molecule has 0 radical (unpaired) electrons. The van der Waals surface area contributed by atoms with E-state index in [0.29, 0.717) is 0 Å². The van der Waals surface area contributed by atoms with Crippen molar-refractivity contribution in [3.63, 3.8) is 0 Å². The molecule has 0 saturated carbocycles. The summed E-state index contributed by atoms with van der Waals surface area (Å²) in [6.45, 7) is 4.74. The molecule has 1 aliphatic carbocycles. The molecule has 9 aromatic rings. The van der Waals surface area contributed by atoms with Gasteiger partial charge in [0.2, 0.25) is 0 Å². The second-order valence-corrected chi connectivity index (χ2v) is 15.8. The van der Waals surface area contributed by atoms with Crippen LogP contribution >= 0.6 is 0 Å². The maximum Gasteiger partial charge on any atom is 0.0465 e. The Balaban J connectivity index is 0.937. The van der Waals surface area contributed by atoms with Gasteiger partial charge in [0.25, 0.3) is 0 Å². The summed E-state index contributed by atoms with van der Waals surface area (Å²) in [5, 5.41) is 0. The van der Waals surface area contributed by atoms with Gasteiger partial charge in [-0.3, -0.25) is 0 Å². The van der Waals surface area contributed by atoms with Gasteiger partial charge in [0.1, 0.15) is 0 Å². The summed E-state index contributed by atoms with van der Waals surface area (Å²) in [5.74, 6) is 0. The molecule has 0 spiro atoms. The number of anilines is 6. The van der Waals surface area contributed by atoms with Crippen molar-refractivity contribution in [3.05, 3.63) is 242 Å². The van der Waals surface area contributed by atoms with Crippen molar-refractivity contribution in [1.82, 2.24) is 0 Å². The highest BCUT2D eigenvalue weighted by atomic mass is 15.1. The molecule has 9 aromatic carbocycles. The van der Waals surface area contributed by atoms with E-state index in [1.54, 1.807) is 0 Å². The molecule has 0 atom stereocenters. The lowest BCUT2D eigenvalue weighted by molar-refractivity contribution is 0.660. The minimum atomic E-state index is -0.171. The fourth-order valence-corrected chi connectivity index (χ4v) is 8.76. The van der Waals surface area contributed by atoms with Gasteiger partial charge in [-0.15, -0.1) is 0 Å². The first-order valence-electron chi connectivity index (χ1n) is 20.4. The molecule has 0 saturated heterocycles. The van der Waals surface area contributed by atoms with E-state index < -0.39 is 0 Å². The lowest BCUT2D eigenvalue weighted by Crippen LogP contribution is -2.16. The Morgan fingerprint density at radius 1 is 0.254 bits per heavy atom. The number of rotatable bonds is 9. The molecule has 0 unspecified atom stereocenters. The van der Waals surface area contributed by atoms with Crippen molar-refractivity contribution in [2.45, 2.75) is 19.3 Å². The zero-order valence-corrected chi connectivity index (χ0v) is 33.3. The topological polar surface area (TPSA) is 6.48 Å². The lowest BCUT2D eigenvalue weighted by Gasteiger charge is -2.28. The molecule has 2 nitrogen and oxygen atoms in total. The van der Waals surface area contributed by atoms with E-state index in [1.807, 2.05) is 0 Å². The van der Waals surface area contributed by atoms with Crippen molar-refractivity contribution < 1.29 is 0 Å². The number of hydrogen-bond donors (Lipinski definition) is 0. The first-order chi connectivity index (χ1) is 29.0. The van der Waals surface area contributed by atoms with Crippen molar-refractivity contribution in [2.75, 3.05) is 9.80 Å². The summed E-state index contributed by atoms with van der Waals surface area (Å²) in [7, 11) is 0. The summed E-state index contributed by atoms with van der Waals surface area (Å²) < 4.78 is 0. The second-order valence-electron chi connectivity index (χ2n) is 15.8. The Labute approximate surface area is 347 Å². The first kappa shape index (κ1) is 36.0. The molecule has 0 bridgehead atoms. The zero-order chi connectivity index (χ0) is 39.8. The third kappa shape index (κ3) is 6.79. The van der Waals surface area contributed by atoms with Crippen LogP contribution in [0.5, 0.6) is 0 Å². The molecule has 1 aliphatic rings. The van der Waals surface area contributed by atoms with Crippen LogP contribution in [0.3, 0.4) is 0 Å². The Kier molecular flexibility index (Phi) is 9.24. The molecular formula is C57H44N2. The van der Waals surface area contributed by atoms with Crippen LogP contribution in [0.4, 0.5) is 34.1 Å². The highest BCUT2D eigenvalue weighted by Gasteiger charge is 2.36. The molecule has 10 rings (SSSR count). The van der Waals surface area contributed by atoms with Crippen LogP contribution in [0.2, 0.25) is 0 Å². The molecule has 0 N–H and O–H groups in total. The second kappa shape index (κ2) is 15.2. The number of para-hydroxylation sites is 3. The summed E-state index contributed by atoms with van der Waals surface area (Å²) in [4.78, 5) is 4.68. The normalized spacial score (nSPS) is 12.4. The van der Waals surface area contributed by atoms with Crippen LogP contribution in [-0.4, -0.2) is 0 Å². The van der Waals surface area contributed by atoms with Gasteiger partial charge in [-0.1, -0.05) is 166 Å². The van der Waals surface area contributed by atoms with Crippen molar-refractivity contribution in [2.24, 2.45) is 0 Å². The molecule has 2 heteroatoms. The van der Waals surface area contributed by atoms with Crippen LogP contribution < -0.4 is 9.80 Å². The standard InChI is InChI=1S/C57H44N2/c1-57(2)55-39-46(31-37-53(55)54-38-36-52(40-56(54)57)59(48-19-11-5-12-20-48)49-21-13-6-14-22-49)45-29-34-51(35-30-45)58(47-17-9-4-10-18-47)50-32-27-44(28-33-50)43-25-23-42(24-26-43)41-15-7-3-8-16-41/h3-40H,1-2H3. The summed E-state index contributed by atoms with van der Waals surface area (Å²) in [6.07, 6.45) is 0. The maximum atomic E-state index is 2.41. The maximum absolute atomic E-state index is 2.41. The van der Waals surface area contributed by atoms with Crippen molar-refractivity contribution in [1.29, 1.82) is 0 Å². The summed E-state index contributed by atoms with van der Waals surface area (Å²) >= 11 is 0. The van der Waals surface area contributed by atoms with E-state index >= 15 is 0 Å². The van der Waals surface area contributed by atoms with Crippen LogP contribution in [0.15, 0.2) is 231 Å². The van der Waals surface area contributed by atoms with Gasteiger partial charge in [0.05, 0.1) is 0 Å². The van der Waals surface area contributed by atoms with Crippen LogP contribution in [0, 0.1) is 0 Å². The zero-order valence-electron chi connectivity index (χ0n) is 33.3.